The molecule has 0 bridgehead atoms. The Balaban J connectivity index is 1.67. The smallest absolute Gasteiger partial charge is 0.227 e. The van der Waals surface area contributed by atoms with Gasteiger partial charge in [-0.15, -0.1) is 5.10 Å². The number of ether oxygens (including phenoxy) is 1. The van der Waals surface area contributed by atoms with Gasteiger partial charge >= 0.3 is 0 Å². The predicted octanol–water partition coefficient (Wildman–Crippen LogP) is 6.35. The second-order valence-corrected chi connectivity index (χ2v) is 8.94. The number of nitrogens with one attached hydrogen (secondary N) is 1. The van der Waals surface area contributed by atoms with Gasteiger partial charge in [0.15, 0.2) is 6.10 Å². The zero-order valence-corrected chi connectivity index (χ0v) is 19.1. The molecule has 6 rings (SSSR count). The molecule has 0 fully saturated rings. The van der Waals surface area contributed by atoms with Crippen LogP contribution in [0.1, 0.15) is 28.8 Å². The number of thioether (sulfide) groups is 1. The molecule has 1 N–H and O–H groups in total. The zero-order chi connectivity index (χ0) is 22.5. The minimum Gasteiger partial charge on any atom is -0.480 e. The van der Waals surface area contributed by atoms with Crippen molar-refractivity contribution in [1.82, 2.24) is 14.8 Å². The van der Waals surface area contributed by atoms with Gasteiger partial charge in [0.2, 0.25) is 11.1 Å². The van der Waals surface area contributed by atoms with E-state index in [-0.39, 0.29) is 5.82 Å². The van der Waals surface area contributed by atoms with E-state index in [1.165, 1.54) is 17.8 Å². The number of hydrogen-bond donors (Lipinski definition) is 1. The molecule has 0 amide bonds. The highest BCUT2D eigenvalue weighted by Gasteiger charge is 2.42. The minimum atomic E-state index is -0.569. The number of anilines is 1. The van der Waals surface area contributed by atoms with Gasteiger partial charge < -0.3 is 10.1 Å². The standard InChI is InChI=1S/C25H18ClFN4OS/c1-33-25-29-24-28-21-16-10-4-7-13-19(16)32-23(14-8-2-5-11-17(14)26)20(21)22(31(24)30-25)15-9-3-6-12-18(15)27/h2-13,22-23H,1H3,(H,28,29,30). The summed E-state index contributed by atoms with van der Waals surface area (Å²) in [6.45, 7) is 0. The monoisotopic (exact) mass is 476 g/mol. The van der Waals surface area contributed by atoms with Crippen LogP contribution in [-0.4, -0.2) is 21.0 Å². The van der Waals surface area contributed by atoms with Crippen LogP contribution in [0.5, 0.6) is 5.75 Å². The van der Waals surface area contributed by atoms with Crippen LogP contribution in [0.3, 0.4) is 0 Å². The van der Waals surface area contributed by atoms with Crippen molar-refractivity contribution in [1.29, 1.82) is 0 Å². The normalized spacial score (nSPS) is 18.6. The molecule has 3 aromatic carbocycles. The van der Waals surface area contributed by atoms with E-state index < -0.39 is 12.1 Å². The third-order valence-electron chi connectivity index (χ3n) is 5.93. The van der Waals surface area contributed by atoms with E-state index in [4.69, 9.17) is 16.3 Å². The number of para-hydroxylation sites is 1. The summed E-state index contributed by atoms with van der Waals surface area (Å²) in [6, 6.07) is 21.6. The fourth-order valence-electron chi connectivity index (χ4n) is 4.49. The fraction of sp³-hybridized carbons (Fsp3) is 0.120. The molecule has 0 saturated heterocycles. The van der Waals surface area contributed by atoms with Crippen LogP contribution in [0.15, 0.2) is 83.5 Å². The summed E-state index contributed by atoms with van der Waals surface area (Å²) in [5.74, 6) is 0.958. The van der Waals surface area contributed by atoms with Gasteiger partial charge in [-0.05, 0) is 30.5 Å². The molecule has 1 aromatic heterocycles. The van der Waals surface area contributed by atoms with Crippen molar-refractivity contribution >= 4 is 35.0 Å². The second kappa shape index (κ2) is 7.93. The molecule has 0 saturated carbocycles. The molecule has 2 aliphatic rings. The van der Waals surface area contributed by atoms with E-state index in [0.29, 0.717) is 21.7 Å². The lowest BCUT2D eigenvalue weighted by molar-refractivity contribution is 0.222. The van der Waals surface area contributed by atoms with Crippen LogP contribution >= 0.6 is 23.4 Å². The van der Waals surface area contributed by atoms with Crippen molar-refractivity contribution in [2.24, 2.45) is 0 Å². The molecule has 33 heavy (non-hydrogen) atoms. The number of benzene rings is 3. The Bertz CT molecular complexity index is 1420. The number of hydrogen-bond acceptors (Lipinski definition) is 5. The van der Waals surface area contributed by atoms with E-state index in [0.717, 1.165) is 28.1 Å². The van der Waals surface area contributed by atoms with Gasteiger partial charge in [0.1, 0.15) is 17.6 Å². The molecule has 4 aromatic rings. The fourth-order valence-corrected chi connectivity index (χ4v) is 5.07. The van der Waals surface area contributed by atoms with Gasteiger partial charge in [0, 0.05) is 27.3 Å². The van der Waals surface area contributed by atoms with E-state index in [2.05, 4.69) is 15.4 Å². The lowest BCUT2D eigenvalue weighted by Gasteiger charge is -2.39. The minimum absolute atomic E-state index is 0.319. The van der Waals surface area contributed by atoms with Crippen LogP contribution in [0, 0.1) is 5.82 Å². The second-order valence-electron chi connectivity index (χ2n) is 7.76. The van der Waals surface area contributed by atoms with Crippen LogP contribution in [0.4, 0.5) is 10.3 Å². The van der Waals surface area contributed by atoms with Crippen molar-refractivity contribution in [3.8, 4) is 5.75 Å². The summed E-state index contributed by atoms with van der Waals surface area (Å²) in [4.78, 5) is 4.63. The van der Waals surface area contributed by atoms with Gasteiger partial charge in [-0.2, -0.15) is 4.98 Å². The van der Waals surface area contributed by atoms with Crippen LogP contribution in [-0.2, 0) is 0 Å². The number of fused-ring (bicyclic) bond motifs is 3. The summed E-state index contributed by atoms with van der Waals surface area (Å²) in [7, 11) is 0. The molecule has 0 aliphatic carbocycles. The summed E-state index contributed by atoms with van der Waals surface area (Å²) >= 11 is 8.07. The van der Waals surface area contributed by atoms with Crippen LogP contribution < -0.4 is 10.1 Å². The lowest BCUT2D eigenvalue weighted by atomic mass is 9.84. The lowest BCUT2D eigenvalue weighted by Crippen LogP contribution is -2.33. The van der Waals surface area contributed by atoms with Crippen molar-refractivity contribution in [2.45, 2.75) is 17.3 Å². The first-order chi connectivity index (χ1) is 16.2. The van der Waals surface area contributed by atoms with Crippen LogP contribution in [0.25, 0.3) is 5.70 Å². The molecule has 0 radical (unpaired) electrons. The SMILES string of the molecule is CSc1nc2n(n1)C(c1ccccc1F)C1=C(N2)c2ccccc2OC1c1ccccc1Cl. The zero-order valence-electron chi connectivity index (χ0n) is 17.5. The highest BCUT2D eigenvalue weighted by Crippen LogP contribution is 2.51. The predicted molar refractivity (Wildman–Crippen MR) is 128 cm³/mol. The highest BCUT2D eigenvalue weighted by atomic mass is 35.5. The average Bonchev–Trinajstić information content (AvgIpc) is 3.26. The average molecular weight is 477 g/mol. The van der Waals surface area contributed by atoms with E-state index in [1.807, 2.05) is 60.9 Å². The maximum absolute atomic E-state index is 15.2. The Kier molecular flexibility index (Phi) is 4.89. The number of halogens is 2. The van der Waals surface area contributed by atoms with Crippen LogP contribution in [0.2, 0.25) is 5.02 Å². The molecule has 164 valence electrons. The number of rotatable bonds is 3. The molecular formula is C25H18ClFN4OS. The van der Waals surface area contributed by atoms with E-state index >= 15 is 4.39 Å². The first kappa shape index (κ1) is 20.3. The Morgan fingerprint density at radius 2 is 1.73 bits per heavy atom. The Morgan fingerprint density at radius 1 is 1.00 bits per heavy atom. The summed E-state index contributed by atoms with van der Waals surface area (Å²) < 4.78 is 23.5. The summed E-state index contributed by atoms with van der Waals surface area (Å²) in [6.07, 6.45) is 1.37. The first-order valence-electron chi connectivity index (χ1n) is 10.4. The summed E-state index contributed by atoms with van der Waals surface area (Å²) in [5.41, 5.74) is 3.85. The van der Waals surface area contributed by atoms with Gasteiger partial charge in [-0.1, -0.05) is 71.9 Å². The van der Waals surface area contributed by atoms with Gasteiger partial charge in [-0.3, -0.25) is 0 Å². The van der Waals surface area contributed by atoms with Crippen molar-refractivity contribution in [3.63, 3.8) is 0 Å². The maximum atomic E-state index is 15.2. The Morgan fingerprint density at radius 3 is 2.52 bits per heavy atom. The third-order valence-corrected chi connectivity index (χ3v) is 6.81. The topological polar surface area (TPSA) is 52.0 Å². The molecule has 2 aliphatic heterocycles. The van der Waals surface area contributed by atoms with Crippen molar-refractivity contribution in [2.75, 3.05) is 11.6 Å². The van der Waals surface area contributed by atoms with Gasteiger partial charge in [0.05, 0.1) is 5.70 Å². The third kappa shape index (κ3) is 3.22. The number of nitrogens with zero attached hydrogens (tertiary/aromatic N) is 3. The Hall–Kier alpha value is -3.29. The van der Waals surface area contributed by atoms with E-state index in [1.54, 1.807) is 16.8 Å². The van der Waals surface area contributed by atoms with E-state index in [9.17, 15) is 0 Å². The number of aromatic nitrogens is 3. The van der Waals surface area contributed by atoms with Gasteiger partial charge in [-0.25, -0.2) is 9.07 Å². The largest absolute Gasteiger partial charge is 0.480 e. The molecule has 2 atom stereocenters. The summed E-state index contributed by atoms with van der Waals surface area (Å²) in [5, 5.41) is 9.32. The molecule has 5 nitrogen and oxygen atoms in total. The van der Waals surface area contributed by atoms with Crippen molar-refractivity contribution < 1.29 is 9.13 Å². The molecule has 3 heterocycles. The van der Waals surface area contributed by atoms with Gasteiger partial charge in [0.25, 0.3) is 0 Å². The quantitative estimate of drug-likeness (QED) is 0.349. The molecule has 8 heteroatoms. The molecular weight excluding hydrogens is 459 g/mol. The highest BCUT2D eigenvalue weighted by molar-refractivity contribution is 7.98. The Labute approximate surface area is 199 Å². The van der Waals surface area contributed by atoms with Crippen molar-refractivity contribution in [3.05, 3.63) is 106 Å². The molecule has 2 unspecified atom stereocenters. The first-order valence-corrected chi connectivity index (χ1v) is 12.0. The molecule has 0 spiro atoms. The maximum Gasteiger partial charge on any atom is 0.227 e.